The van der Waals surface area contributed by atoms with E-state index in [0.29, 0.717) is 25.1 Å². The van der Waals surface area contributed by atoms with Gasteiger partial charge in [-0.1, -0.05) is 13.8 Å². The standard InChI is InChI=1S/C14H26N2O4S/c1-4-9-15-11-12-6-7-13(20-12)21(18,19)16-14(3,5-2)8-10-17/h6-7,15-17H,4-5,8-11H2,1-3H3. The number of sulfonamides is 1. The van der Waals surface area contributed by atoms with Crippen molar-refractivity contribution in [2.75, 3.05) is 13.2 Å². The second-order valence-corrected chi connectivity index (χ2v) is 7.00. The summed E-state index contributed by atoms with van der Waals surface area (Å²) in [4.78, 5) is 0. The number of rotatable bonds is 10. The van der Waals surface area contributed by atoms with Crippen LogP contribution in [-0.4, -0.2) is 32.2 Å². The number of hydrogen-bond donors (Lipinski definition) is 3. The summed E-state index contributed by atoms with van der Waals surface area (Å²) in [6.45, 7) is 6.99. The topological polar surface area (TPSA) is 91.6 Å². The van der Waals surface area contributed by atoms with Gasteiger partial charge in [0.25, 0.3) is 10.0 Å². The van der Waals surface area contributed by atoms with Crippen LogP contribution >= 0.6 is 0 Å². The van der Waals surface area contributed by atoms with Gasteiger partial charge in [0.1, 0.15) is 5.76 Å². The van der Waals surface area contributed by atoms with Crippen molar-refractivity contribution in [3.05, 3.63) is 17.9 Å². The second-order valence-electron chi connectivity index (χ2n) is 5.39. The molecular formula is C14H26N2O4S. The molecule has 3 N–H and O–H groups in total. The van der Waals surface area contributed by atoms with Gasteiger partial charge in [-0.05, 0) is 44.9 Å². The average molecular weight is 318 g/mol. The lowest BCUT2D eigenvalue weighted by atomic mass is 9.97. The first-order valence-electron chi connectivity index (χ1n) is 7.31. The molecule has 1 heterocycles. The summed E-state index contributed by atoms with van der Waals surface area (Å²) in [7, 11) is -3.72. The summed E-state index contributed by atoms with van der Waals surface area (Å²) >= 11 is 0. The summed E-state index contributed by atoms with van der Waals surface area (Å²) in [6, 6.07) is 3.12. The zero-order chi connectivity index (χ0) is 15.9. The van der Waals surface area contributed by atoms with Crippen LogP contribution in [0, 0.1) is 0 Å². The highest BCUT2D eigenvalue weighted by Crippen LogP contribution is 2.20. The molecule has 21 heavy (non-hydrogen) atoms. The van der Waals surface area contributed by atoms with Crippen molar-refractivity contribution in [1.82, 2.24) is 10.0 Å². The molecule has 1 rings (SSSR count). The Balaban J connectivity index is 2.78. The molecule has 1 aromatic rings. The summed E-state index contributed by atoms with van der Waals surface area (Å²) in [5.74, 6) is 0.587. The number of aliphatic hydroxyl groups is 1. The normalized spacial score (nSPS) is 15.0. The van der Waals surface area contributed by atoms with Crippen LogP contribution in [0.15, 0.2) is 21.6 Å². The van der Waals surface area contributed by atoms with Crippen LogP contribution in [-0.2, 0) is 16.6 Å². The van der Waals surface area contributed by atoms with Gasteiger partial charge in [-0.3, -0.25) is 0 Å². The maximum Gasteiger partial charge on any atom is 0.274 e. The van der Waals surface area contributed by atoms with E-state index in [-0.39, 0.29) is 11.7 Å². The third-order valence-corrected chi connectivity index (χ3v) is 4.96. The first-order chi connectivity index (χ1) is 9.87. The van der Waals surface area contributed by atoms with Crippen molar-refractivity contribution in [3.63, 3.8) is 0 Å². The number of furan rings is 1. The molecule has 1 aromatic heterocycles. The Morgan fingerprint density at radius 1 is 1.33 bits per heavy atom. The molecule has 0 saturated carbocycles. The lowest BCUT2D eigenvalue weighted by Gasteiger charge is -2.27. The molecule has 0 fully saturated rings. The van der Waals surface area contributed by atoms with Crippen molar-refractivity contribution >= 4 is 10.0 Å². The van der Waals surface area contributed by atoms with Crippen LogP contribution in [0.4, 0.5) is 0 Å². The molecule has 0 radical (unpaired) electrons. The average Bonchev–Trinajstić information content (AvgIpc) is 2.88. The first-order valence-corrected chi connectivity index (χ1v) is 8.79. The SMILES string of the molecule is CCCNCc1ccc(S(=O)(=O)NC(C)(CC)CCO)o1. The minimum Gasteiger partial charge on any atom is -0.447 e. The molecule has 7 heteroatoms. The van der Waals surface area contributed by atoms with Gasteiger partial charge in [-0.25, -0.2) is 13.1 Å². The molecular weight excluding hydrogens is 292 g/mol. The first kappa shape index (κ1) is 18.2. The number of nitrogens with one attached hydrogen (secondary N) is 2. The third kappa shape index (κ3) is 5.43. The molecule has 0 aliphatic rings. The smallest absolute Gasteiger partial charge is 0.274 e. The van der Waals surface area contributed by atoms with Gasteiger partial charge < -0.3 is 14.8 Å². The Labute approximate surface area is 127 Å². The van der Waals surface area contributed by atoms with Crippen LogP contribution in [0.3, 0.4) is 0 Å². The lowest BCUT2D eigenvalue weighted by Crippen LogP contribution is -2.45. The molecule has 0 aliphatic heterocycles. The predicted octanol–water partition coefficient (Wildman–Crippen LogP) is 1.61. The van der Waals surface area contributed by atoms with E-state index >= 15 is 0 Å². The fourth-order valence-corrected chi connectivity index (χ4v) is 3.37. The Hall–Kier alpha value is -0.890. The molecule has 0 saturated heterocycles. The molecule has 122 valence electrons. The van der Waals surface area contributed by atoms with E-state index in [0.717, 1.165) is 13.0 Å². The van der Waals surface area contributed by atoms with Gasteiger partial charge in [-0.15, -0.1) is 0 Å². The molecule has 6 nitrogen and oxygen atoms in total. The Morgan fingerprint density at radius 2 is 2.05 bits per heavy atom. The molecule has 0 aliphatic carbocycles. The maximum absolute atomic E-state index is 12.3. The van der Waals surface area contributed by atoms with E-state index in [2.05, 4.69) is 17.0 Å². The van der Waals surface area contributed by atoms with Crippen molar-refractivity contribution in [1.29, 1.82) is 0 Å². The highest BCUT2D eigenvalue weighted by molar-refractivity contribution is 7.89. The zero-order valence-corrected chi connectivity index (χ0v) is 13.8. The van der Waals surface area contributed by atoms with Gasteiger partial charge in [0.15, 0.2) is 0 Å². The van der Waals surface area contributed by atoms with Crippen molar-refractivity contribution in [2.24, 2.45) is 0 Å². The Bertz CT molecular complexity index is 527. The van der Waals surface area contributed by atoms with E-state index < -0.39 is 15.6 Å². The third-order valence-electron chi connectivity index (χ3n) is 3.45. The summed E-state index contributed by atoms with van der Waals surface area (Å²) < 4.78 is 32.6. The zero-order valence-electron chi connectivity index (χ0n) is 13.0. The minimum atomic E-state index is -3.72. The Kier molecular flexibility index (Phi) is 6.86. The molecule has 1 unspecified atom stereocenters. The van der Waals surface area contributed by atoms with Gasteiger partial charge in [-0.2, -0.15) is 0 Å². The minimum absolute atomic E-state index is 0.0722. The molecule has 0 amide bonds. The molecule has 0 spiro atoms. The Morgan fingerprint density at radius 3 is 2.62 bits per heavy atom. The molecule has 1 atom stereocenters. The van der Waals surface area contributed by atoms with Gasteiger partial charge in [0.05, 0.1) is 6.54 Å². The van der Waals surface area contributed by atoms with Crippen LogP contribution in [0.25, 0.3) is 0 Å². The van der Waals surface area contributed by atoms with E-state index in [1.807, 2.05) is 6.92 Å². The predicted molar refractivity (Wildman–Crippen MR) is 81.4 cm³/mol. The number of aliphatic hydroxyl groups excluding tert-OH is 1. The van der Waals surface area contributed by atoms with Crippen molar-refractivity contribution in [3.8, 4) is 0 Å². The monoisotopic (exact) mass is 318 g/mol. The largest absolute Gasteiger partial charge is 0.447 e. The van der Waals surface area contributed by atoms with Crippen LogP contribution in [0.1, 0.15) is 45.8 Å². The fraction of sp³-hybridized carbons (Fsp3) is 0.714. The van der Waals surface area contributed by atoms with Crippen molar-refractivity contribution < 1.29 is 17.9 Å². The molecule has 0 bridgehead atoms. The van der Waals surface area contributed by atoms with E-state index in [4.69, 9.17) is 9.52 Å². The van der Waals surface area contributed by atoms with Crippen molar-refractivity contribution in [2.45, 2.75) is 57.2 Å². The summed E-state index contributed by atoms with van der Waals surface area (Å²) in [5.41, 5.74) is -0.680. The van der Waals surface area contributed by atoms with Gasteiger partial charge >= 0.3 is 0 Å². The van der Waals surface area contributed by atoms with Gasteiger partial charge in [0.2, 0.25) is 5.09 Å². The fourth-order valence-electron chi connectivity index (χ4n) is 1.91. The quantitative estimate of drug-likeness (QED) is 0.570. The molecule has 0 aromatic carbocycles. The van der Waals surface area contributed by atoms with Crippen LogP contribution < -0.4 is 10.0 Å². The highest BCUT2D eigenvalue weighted by Gasteiger charge is 2.30. The van der Waals surface area contributed by atoms with E-state index in [9.17, 15) is 8.42 Å². The number of hydrogen-bond acceptors (Lipinski definition) is 5. The highest BCUT2D eigenvalue weighted by atomic mass is 32.2. The van der Waals surface area contributed by atoms with E-state index in [1.165, 1.54) is 6.07 Å². The maximum atomic E-state index is 12.3. The lowest BCUT2D eigenvalue weighted by molar-refractivity contribution is 0.232. The van der Waals surface area contributed by atoms with E-state index in [1.54, 1.807) is 13.0 Å². The summed E-state index contributed by atoms with van der Waals surface area (Å²) in [5, 5.41) is 12.1. The van der Waals surface area contributed by atoms with Crippen LogP contribution in [0.2, 0.25) is 0 Å². The summed E-state index contributed by atoms with van der Waals surface area (Å²) in [6.07, 6.45) is 1.94. The second kappa shape index (κ2) is 7.93. The van der Waals surface area contributed by atoms with Gasteiger partial charge in [0, 0.05) is 12.1 Å². The van der Waals surface area contributed by atoms with Crippen LogP contribution in [0.5, 0.6) is 0 Å².